The van der Waals surface area contributed by atoms with Crippen LogP contribution in [0.4, 0.5) is 4.79 Å². The average molecular weight is 325 g/mol. The molecule has 2 amide bonds. The fourth-order valence-electron chi connectivity index (χ4n) is 2.29. The lowest BCUT2D eigenvalue weighted by atomic mass is 10.2. The number of carbonyl (C=O) groups excluding carboxylic acids is 1. The minimum atomic E-state index is -0.309. The van der Waals surface area contributed by atoms with Gasteiger partial charge in [0, 0.05) is 5.56 Å². The minimum Gasteiger partial charge on any atom is -0.464 e. The van der Waals surface area contributed by atoms with Crippen molar-refractivity contribution in [1.82, 2.24) is 15.6 Å². The Kier molecular flexibility index (Phi) is 4.65. The van der Waals surface area contributed by atoms with Crippen molar-refractivity contribution in [3.8, 4) is 11.3 Å². The van der Waals surface area contributed by atoms with Crippen LogP contribution in [0.2, 0.25) is 0 Å². The largest absolute Gasteiger partial charge is 0.464 e. The molecule has 6 heteroatoms. The first-order valence-electron chi connectivity index (χ1n) is 7.72. The molecule has 0 aliphatic carbocycles. The van der Waals surface area contributed by atoms with Crippen LogP contribution in [0.25, 0.3) is 11.3 Å². The Morgan fingerprint density at radius 2 is 1.96 bits per heavy atom. The highest BCUT2D eigenvalue weighted by molar-refractivity contribution is 5.74. The highest BCUT2D eigenvalue weighted by atomic mass is 16.4. The second kappa shape index (κ2) is 7.04. The Bertz CT molecular complexity index is 808. The van der Waals surface area contributed by atoms with Gasteiger partial charge in [0.2, 0.25) is 5.89 Å². The summed E-state index contributed by atoms with van der Waals surface area (Å²) in [6, 6.07) is 12.9. The number of aromatic nitrogens is 1. The van der Waals surface area contributed by atoms with Gasteiger partial charge in [-0.1, -0.05) is 30.3 Å². The van der Waals surface area contributed by atoms with E-state index in [2.05, 4.69) is 15.6 Å². The number of carbonyl (C=O) groups is 1. The van der Waals surface area contributed by atoms with Crippen LogP contribution in [0.3, 0.4) is 0 Å². The van der Waals surface area contributed by atoms with E-state index in [0.29, 0.717) is 17.4 Å². The summed E-state index contributed by atoms with van der Waals surface area (Å²) < 4.78 is 11.1. The number of rotatable bonds is 5. The van der Waals surface area contributed by atoms with Gasteiger partial charge in [0.25, 0.3) is 0 Å². The number of oxazole rings is 1. The molecule has 0 saturated heterocycles. The molecule has 124 valence electrons. The van der Waals surface area contributed by atoms with Crippen molar-refractivity contribution in [1.29, 1.82) is 0 Å². The van der Waals surface area contributed by atoms with Gasteiger partial charge in [0.15, 0.2) is 5.76 Å². The van der Waals surface area contributed by atoms with Crippen LogP contribution in [0, 0.1) is 6.92 Å². The van der Waals surface area contributed by atoms with Crippen molar-refractivity contribution in [2.45, 2.75) is 26.4 Å². The number of urea groups is 1. The van der Waals surface area contributed by atoms with E-state index in [4.69, 9.17) is 8.83 Å². The number of furan rings is 1. The van der Waals surface area contributed by atoms with Crippen LogP contribution in [0.1, 0.15) is 30.4 Å². The van der Waals surface area contributed by atoms with Crippen LogP contribution in [-0.2, 0) is 6.54 Å². The molecule has 0 fully saturated rings. The van der Waals surface area contributed by atoms with Gasteiger partial charge in [0.1, 0.15) is 11.5 Å². The molecule has 3 aromatic rings. The molecule has 6 nitrogen and oxygen atoms in total. The standard InChI is InChI=1S/C18H19N3O3/c1-12-8-9-15(23-12)13(2)21-18(22)20-11-17-19-10-16(24-17)14-6-4-3-5-7-14/h3-10,13H,11H2,1-2H3,(H2,20,21,22). The summed E-state index contributed by atoms with van der Waals surface area (Å²) in [6.07, 6.45) is 1.65. The van der Waals surface area contributed by atoms with Crippen LogP contribution >= 0.6 is 0 Å². The second-order valence-corrected chi connectivity index (χ2v) is 5.48. The zero-order valence-electron chi connectivity index (χ0n) is 13.6. The second-order valence-electron chi connectivity index (χ2n) is 5.48. The van der Waals surface area contributed by atoms with Crippen LogP contribution in [0.5, 0.6) is 0 Å². The zero-order chi connectivity index (χ0) is 16.9. The molecule has 0 aliphatic rings. The minimum absolute atomic E-state index is 0.211. The number of hydrogen-bond donors (Lipinski definition) is 2. The number of nitrogens with zero attached hydrogens (tertiary/aromatic N) is 1. The number of hydrogen-bond acceptors (Lipinski definition) is 4. The Morgan fingerprint density at radius 1 is 1.17 bits per heavy atom. The summed E-state index contributed by atoms with van der Waals surface area (Å²) in [7, 11) is 0. The highest BCUT2D eigenvalue weighted by Gasteiger charge is 2.13. The highest BCUT2D eigenvalue weighted by Crippen LogP contribution is 2.19. The van der Waals surface area contributed by atoms with Gasteiger partial charge in [0.05, 0.1) is 18.8 Å². The van der Waals surface area contributed by atoms with E-state index in [1.165, 1.54) is 0 Å². The van der Waals surface area contributed by atoms with E-state index in [9.17, 15) is 4.79 Å². The Morgan fingerprint density at radius 3 is 2.67 bits per heavy atom. The van der Waals surface area contributed by atoms with Crippen molar-refractivity contribution in [3.63, 3.8) is 0 Å². The van der Waals surface area contributed by atoms with Gasteiger partial charge in [-0.25, -0.2) is 9.78 Å². The maximum absolute atomic E-state index is 12.0. The lowest BCUT2D eigenvalue weighted by molar-refractivity contribution is 0.234. The molecule has 3 rings (SSSR count). The van der Waals surface area contributed by atoms with E-state index >= 15 is 0 Å². The van der Waals surface area contributed by atoms with E-state index in [0.717, 1.165) is 11.3 Å². The SMILES string of the molecule is Cc1ccc(C(C)NC(=O)NCc2ncc(-c3ccccc3)o2)o1. The third-order valence-electron chi connectivity index (χ3n) is 3.55. The predicted octanol–water partition coefficient (Wildman–Crippen LogP) is 3.80. The molecular formula is C18H19N3O3. The summed E-state index contributed by atoms with van der Waals surface area (Å²) in [5.74, 6) is 2.65. The van der Waals surface area contributed by atoms with Crippen molar-refractivity contribution >= 4 is 6.03 Å². The fraction of sp³-hybridized carbons (Fsp3) is 0.222. The molecule has 1 unspecified atom stereocenters. The Hall–Kier alpha value is -3.02. The Labute approximate surface area is 139 Å². The van der Waals surface area contributed by atoms with Crippen molar-refractivity contribution in [2.75, 3.05) is 0 Å². The molecule has 0 saturated carbocycles. The van der Waals surface area contributed by atoms with Crippen molar-refractivity contribution in [3.05, 3.63) is 66.1 Å². The summed E-state index contributed by atoms with van der Waals surface area (Å²) >= 11 is 0. The quantitative estimate of drug-likeness (QED) is 0.747. The van der Waals surface area contributed by atoms with E-state index in [-0.39, 0.29) is 18.6 Å². The maximum Gasteiger partial charge on any atom is 0.315 e. The third kappa shape index (κ3) is 3.84. The molecule has 0 bridgehead atoms. The number of aryl methyl sites for hydroxylation is 1. The first-order chi connectivity index (χ1) is 11.6. The normalized spacial score (nSPS) is 11.9. The summed E-state index contributed by atoms with van der Waals surface area (Å²) in [5, 5.41) is 5.53. The monoisotopic (exact) mass is 325 g/mol. The van der Waals surface area contributed by atoms with E-state index in [1.54, 1.807) is 6.20 Å². The smallest absolute Gasteiger partial charge is 0.315 e. The summed E-state index contributed by atoms with van der Waals surface area (Å²) in [4.78, 5) is 16.1. The molecule has 1 atom stereocenters. The van der Waals surface area contributed by atoms with Gasteiger partial charge in [-0.3, -0.25) is 0 Å². The Balaban J connectivity index is 1.52. The summed E-state index contributed by atoms with van der Waals surface area (Å²) in [6.45, 7) is 3.93. The van der Waals surface area contributed by atoms with E-state index in [1.807, 2.05) is 56.3 Å². The molecule has 2 heterocycles. The molecule has 0 spiro atoms. The lowest BCUT2D eigenvalue weighted by Crippen LogP contribution is -2.36. The predicted molar refractivity (Wildman–Crippen MR) is 89.2 cm³/mol. The average Bonchev–Trinajstić information content (AvgIpc) is 3.23. The molecule has 0 aliphatic heterocycles. The first kappa shape index (κ1) is 15.9. The van der Waals surface area contributed by atoms with Crippen LogP contribution in [0.15, 0.2) is 57.5 Å². The first-order valence-corrected chi connectivity index (χ1v) is 7.72. The number of benzene rings is 1. The fourth-order valence-corrected chi connectivity index (χ4v) is 2.29. The van der Waals surface area contributed by atoms with Gasteiger partial charge in [-0.2, -0.15) is 0 Å². The van der Waals surface area contributed by atoms with Crippen molar-refractivity contribution in [2.24, 2.45) is 0 Å². The number of nitrogens with one attached hydrogen (secondary N) is 2. The zero-order valence-corrected chi connectivity index (χ0v) is 13.6. The third-order valence-corrected chi connectivity index (χ3v) is 3.55. The topological polar surface area (TPSA) is 80.3 Å². The number of amides is 2. The molecule has 24 heavy (non-hydrogen) atoms. The van der Waals surface area contributed by atoms with Gasteiger partial charge in [-0.15, -0.1) is 0 Å². The summed E-state index contributed by atoms with van der Waals surface area (Å²) in [5.41, 5.74) is 0.947. The lowest BCUT2D eigenvalue weighted by Gasteiger charge is -2.11. The van der Waals surface area contributed by atoms with Crippen LogP contribution < -0.4 is 10.6 Å². The van der Waals surface area contributed by atoms with Gasteiger partial charge in [-0.05, 0) is 26.0 Å². The molecular weight excluding hydrogens is 306 g/mol. The molecule has 0 radical (unpaired) electrons. The maximum atomic E-state index is 12.0. The molecule has 2 N–H and O–H groups in total. The van der Waals surface area contributed by atoms with Crippen LogP contribution in [-0.4, -0.2) is 11.0 Å². The van der Waals surface area contributed by atoms with Gasteiger partial charge < -0.3 is 19.5 Å². The molecule has 2 aromatic heterocycles. The van der Waals surface area contributed by atoms with Crippen molar-refractivity contribution < 1.29 is 13.6 Å². The van der Waals surface area contributed by atoms with Gasteiger partial charge >= 0.3 is 6.03 Å². The van der Waals surface area contributed by atoms with E-state index < -0.39 is 0 Å². The molecule has 1 aromatic carbocycles.